The number of H-pyrrole nitrogens is 1. The first kappa shape index (κ1) is 20.7. The van der Waals surface area contributed by atoms with Crippen LogP contribution in [0, 0.1) is 17.2 Å². The van der Waals surface area contributed by atoms with Crippen molar-refractivity contribution in [3.8, 4) is 0 Å². The first-order chi connectivity index (χ1) is 14.2. The van der Waals surface area contributed by atoms with Crippen LogP contribution in [0.3, 0.4) is 0 Å². The number of amides is 1. The number of aromatic nitrogens is 2. The van der Waals surface area contributed by atoms with Crippen LogP contribution < -0.4 is 10.9 Å². The number of nitrogens with one attached hydrogen (secondary N) is 2. The first-order valence-corrected chi connectivity index (χ1v) is 11.1. The predicted molar refractivity (Wildman–Crippen MR) is 119 cm³/mol. The van der Waals surface area contributed by atoms with E-state index < -0.39 is 0 Å². The van der Waals surface area contributed by atoms with Crippen molar-refractivity contribution in [1.82, 2.24) is 9.97 Å². The van der Waals surface area contributed by atoms with Crippen molar-refractivity contribution < 1.29 is 9.18 Å². The van der Waals surface area contributed by atoms with Crippen molar-refractivity contribution in [2.45, 2.75) is 52.9 Å². The van der Waals surface area contributed by atoms with Gasteiger partial charge < -0.3 is 10.3 Å². The highest BCUT2D eigenvalue weighted by atomic mass is 32.1. The SMILES string of the molecule is CC(C)(C)[C@@H]1CCc2c(sc3nc(CCC(=O)Nc4ccc(F)cc4)[nH]c(=O)c23)C1. The van der Waals surface area contributed by atoms with Gasteiger partial charge in [0.05, 0.1) is 5.39 Å². The molecule has 0 fully saturated rings. The lowest BCUT2D eigenvalue weighted by molar-refractivity contribution is -0.116. The molecule has 7 heteroatoms. The minimum absolute atomic E-state index is 0.111. The lowest BCUT2D eigenvalue weighted by Gasteiger charge is -2.33. The van der Waals surface area contributed by atoms with Gasteiger partial charge in [-0.15, -0.1) is 11.3 Å². The molecule has 1 atom stereocenters. The largest absolute Gasteiger partial charge is 0.326 e. The molecule has 158 valence electrons. The summed E-state index contributed by atoms with van der Waals surface area (Å²) in [7, 11) is 0. The van der Waals surface area contributed by atoms with E-state index in [4.69, 9.17) is 0 Å². The molecule has 1 aromatic carbocycles. The molecular formula is C23H26FN3O2S. The molecule has 4 rings (SSSR count). The Morgan fingerprint density at radius 1 is 1.30 bits per heavy atom. The standard InChI is InChI=1S/C23H26FN3O2S/c1-23(2,3)13-4-9-16-17(12-13)30-22-20(16)21(29)26-18(27-22)10-11-19(28)25-15-7-5-14(24)6-8-15/h5-8,13H,4,9-12H2,1-3H3,(H,25,28)(H,26,27,29)/t13-/m1/s1. The van der Waals surface area contributed by atoms with E-state index >= 15 is 0 Å². The third kappa shape index (κ3) is 4.31. The summed E-state index contributed by atoms with van der Waals surface area (Å²) in [5, 5.41) is 3.45. The van der Waals surface area contributed by atoms with E-state index in [-0.39, 0.29) is 29.1 Å². The normalized spacial score (nSPS) is 16.5. The Bertz CT molecular complexity index is 1140. The lowest BCUT2D eigenvalue weighted by Crippen LogP contribution is -2.26. The fourth-order valence-electron chi connectivity index (χ4n) is 4.07. The van der Waals surface area contributed by atoms with Crippen molar-refractivity contribution in [3.05, 3.63) is 56.7 Å². The molecule has 3 aromatic rings. The van der Waals surface area contributed by atoms with Crippen LogP contribution in [0.2, 0.25) is 0 Å². The van der Waals surface area contributed by atoms with Gasteiger partial charge in [-0.25, -0.2) is 9.37 Å². The molecule has 2 N–H and O–H groups in total. The van der Waals surface area contributed by atoms with Crippen molar-refractivity contribution in [1.29, 1.82) is 0 Å². The molecule has 0 unspecified atom stereocenters. The summed E-state index contributed by atoms with van der Waals surface area (Å²) in [4.78, 5) is 34.5. The van der Waals surface area contributed by atoms with Crippen LogP contribution >= 0.6 is 11.3 Å². The number of anilines is 1. The average Bonchev–Trinajstić information content (AvgIpc) is 3.05. The molecule has 30 heavy (non-hydrogen) atoms. The Hall–Kier alpha value is -2.54. The maximum atomic E-state index is 13.0. The second-order valence-corrected chi connectivity index (χ2v) is 10.1. The maximum Gasteiger partial charge on any atom is 0.259 e. The first-order valence-electron chi connectivity index (χ1n) is 10.3. The number of carbonyl (C=O) groups is 1. The number of benzene rings is 1. The quantitative estimate of drug-likeness (QED) is 0.625. The highest BCUT2D eigenvalue weighted by Crippen LogP contribution is 2.41. The van der Waals surface area contributed by atoms with Gasteiger partial charge in [0.25, 0.3) is 5.56 Å². The van der Waals surface area contributed by atoms with E-state index in [2.05, 4.69) is 36.1 Å². The van der Waals surface area contributed by atoms with Crippen molar-refractivity contribution >= 4 is 33.1 Å². The van der Waals surface area contributed by atoms with Gasteiger partial charge >= 0.3 is 0 Å². The second-order valence-electron chi connectivity index (χ2n) is 9.06. The molecule has 2 heterocycles. The molecule has 1 aliphatic carbocycles. The number of fused-ring (bicyclic) bond motifs is 3. The van der Waals surface area contributed by atoms with E-state index in [9.17, 15) is 14.0 Å². The Labute approximate surface area is 178 Å². The maximum absolute atomic E-state index is 13.0. The average molecular weight is 428 g/mol. The third-order valence-electron chi connectivity index (χ3n) is 5.91. The number of rotatable bonds is 4. The predicted octanol–water partition coefficient (Wildman–Crippen LogP) is 4.85. The van der Waals surface area contributed by atoms with Gasteiger partial charge in [-0.2, -0.15) is 0 Å². The number of thiophene rings is 1. The number of halogens is 1. The van der Waals surface area contributed by atoms with Crippen LogP contribution in [0.1, 0.15) is 49.9 Å². The Kier molecular flexibility index (Phi) is 5.49. The highest BCUT2D eigenvalue weighted by Gasteiger charge is 2.31. The van der Waals surface area contributed by atoms with Crippen LogP contribution in [0.4, 0.5) is 10.1 Å². The lowest BCUT2D eigenvalue weighted by atomic mass is 9.72. The number of hydrogen-bond donors (Lipinski definition) is 2. The second kappa shape index (κ2) is 7.95. The zero-order valence-corrected chi connectivity index (χ0v) is 18.3. The summed E-state index contributed by atoms with van der Waals surface area (Å²) in [6.07, 6.45) is 3.53. The summed E-state index contributed by atoms with van der Waals surface area (Å²) in [6.45, 7) is 6.82. The number of nitrogens with zero attached hydrogens (tertiary/aromatic N) is 1. The molecule has 0 spiro atoms. The van der Waals surface area contributed by atoms with Gasteiger partial charge in [0.1, 0.15) is 16.5 Å². The fraction of sp³-hybridized carbons (Fsp3) is 0.435. The molecule has 1 aliphatic rings. The Morgan fingerprint density at radius 2 is 2.03 bits per heavy atom. The molecule has 2 aromatic heterocycles. The zero-order valence-electron chi connectivity index (χ0n) is 17.5. The van der Waals surface area contributed by atoms with Gasteiger partial charge in [0.15, 0.2) is 0 Å². The summed E-state index contributed by atoms with van der Waals surface area (Å²) in [5.41, 5.74) is 1.83. The summed E-state index contributed by atoms with van der Waals surface area (Å²) in [6, 6.07) is 5.62. The molecule has 0 saturated carbocycles. The Morgan fingerprint density at radius 3 is 2.73 bits per heavy atom. The van der Waals surface area contributed by atoms with Gasteiger partial charge in [-0.3, -0.25) is 9.59 Å². The number of aryl methyl sites for hydroxylation is 2. The van der Waals surface area contributed by atoms with Crippen LogP contribution in [0.5, 0.6) is 0 Å². The number of carbonyl (C=O) groups excluding carboxylic acids is 1. The van der Waals surface area contributed by atoms with Gasteiger partial charge in [-0.1, -0.05) is 20.8 Å². The van der Waals surface area contributed by atoms with Gasteiger partial charge in [-0.05, 0) is 60.4 Å². The smallest absolute Gasteiger partial charge is 0.259 e. The van der Waals surface area contributed by atoms with Crippen molar-refractivity contribution in [2.75, 3.05) is 5.32 Å². The molecule has 5 nitrogen and oxygen atoms in total. The van der Waals surface area contributed by atoms with Crippen molar-refractivity contribution in [3.63, 3.8) is 0 Å². The molecular weight excluding hydrogens is 401 g/mol. The minimum atomic E-state index is -0.351. The van der Waals surface area contributed by atoms with Gasteiger partial charge in [0, 0.05) is 23.4 Å². The van der Waals surface area contributed by atoms with E-state index in [1.54, 1.807) is 11.3 Å². The van der Waals surface area contributed by atoms with Crippen molar-refractivity contribution in [2.24, 2.45) is 11.3 Å². The summed E-state index contributed by atoms with van der Waals surface area (Å²) >= 11 is 1.62. The summed E-state index contributed by atoms with van der Waals surface area (Å²) in [5.74, 6) is 0.567. The highest BCUT2D eigenvalue weighted by molar-refractivity contribution is 7.18. The van der Waals surface area contributed by atoms with E-state index in [0.29, 0.717) is 23.9 Å². The number of aromatic amines is 1. The van der Waals surface area contributed by atoms with Crippen LogP contribution in [-0.2, 0) is 24.1 Å². The van der Waals surface area contributed by atoms with Crippen LogP contribution in [-0.4, -0.2) is 15.9 Å². The monoisotopic (exact) mass is 427 g/mol. The zero-order chi connectivity index (χ0) is 21.5. The topological polar surface area (TPSA) is 74.8 Å². The summed E-state index contributed by atoms with van der Waals surface area (Å²) < 4.78 is 13.0. The minimum Gasteiger partial charge on any atom is -0.326 e. The van der Waals surface area contributed by atoms with Gasteiger partial charge in [0.2, 0.25) is 5.91 Å². The van der Waals surface area contributed by atoms with E-state index in [1.165, 1.54) is 29.1 Å². The van der Waals surface area contributed by atoms with E-state index in [1.807, 2.05) is 0 Å². The molecule has 0 saturated heterocycles. The molecule has 1 amide bonds. The molecule has 0 aliphatic heterocycles. The number of hydrogen-bond acceptors (Lipinski definition) is 4. The van der Waals surface area contributed by atoms with E-state index in [0.717, 1.165) is 35.0 Å². The fourth-order valence-corrected chi connectivity index (χ4v) is 5.39. The van der Waals surface area contributed by atoms with Crippen LogP contribution in [0.25, 0.3) is 10.2 Å². The molecule has 0 radical (unpaired) electrons. The van der Waals surface area contributed by atoms with Crippen LogP contribution in [0.15, 0.2) is 29.1 Å². The molecule has 0 bridgehead atoms. The Balaban J connectivity index is 1.49. The third-order valence-corrected chi connectivity index (χ3v) is 7.06.